The zero-order chi connectivity index (χ0) is 13.2. The van der Waals surface area contributed by atoms with Crippen molar-refractivity contribution in [3.63, 3.8) is 0 Å². The van der Waals surface area contributed by atoms with Gasteiger partial charge in [-0.15, -0.1) is 0 Å². The van der Waals surface area contributed by atoms with Crippen molar-refractivity contribution in [1.82, 2.24) is 4.98 Å². The van der Waals surface area contributed by atoms with Crippen LogP contribution in [0.5, 0.6) is 0 Å². The highest BCUT2D eigenvalue weighted by Crippen LogP contribution is 2.35. The molecule has 0 amide bonds. The van der Waals surface area contributed by atoms with Crippen LogP contribution in [0.1, 0.15) is 44.4 Å². The van der Waals surface area contributed by atoms with E-state index in [0.29, 0.717) is 11.0 Å². The van der Waals surface area contributed by atoms with Gasteiger partial charge in [0.25, 0.3) is 0 Å². The number of rotatable bonds is 2. The Hall–Kier alpha value is -1.56. The Morgan fingerprint density at radius 3 is 2.61 bits per heavy atom. The summed E-state index contributed by atoms with van der Waals surface area (Å²) in [6.45, 7) is 8.69. The molecule has 2 heterocycles. The van der Waals surface area contributed by atoms with Gasteiger partial charge >= 0.3 is 0 Å². The monoisotopic (exact) mass is 243 g/mol. The zero-order valence-corrected chi connectivity index (χ0v) is 11.5. The Kier molecular flexibility index (Phi) is 3.56. The van der Waals surface area contributed by atoms with Crippen molar-refractivity contribution in [1.29, 1.82) is 5.26 Å². The van der Waals surface area contributed by atoms with Crippen molar-refractivity contribution >= 4 is 5.82 Å². The molecule has 3 heteroatoms. The Morgan fingerprint density at radius 1 is 1.39 bits per heavy atom. The molecule has 0 unspecified atom stereocenters. The molecule has 18 heavy (non-hydrogen) atoms. The molecule has 1 aliphatic heterocycles. The Morgan fingerprint density at radius 2 is 2.06 bits per heavy atom. The highest BCUT2D eigenvalue weighted by atomic mass is 15.2. The maximum absolute atomic E-state index is 9.01. The van der Waals surface area contributed by atoms with Gasteiger partial charge in [-0.1, -0.05) is 20.3 Å². The number of nitrogens with zero attached hydrogens (tertiary/aromatic N) is 3. The summed E-state index contributed by atoms with van der Waals surface area (Å²) >= 11 is 0. The molecule has 96 valence electrons. The predicted molar refractivity (Wildman–Crippen MR) is 73.5 cm³/mol. The lowest BCUT2D eigenvalue weighted by atomic mass is 9.78. The van der Waals surface area contributed by atoms with E-state index in [1.807, 2.05) is 19.1 Å². The number of anilines is 1. The fraction of sp³-hybridized carbons (Fsp3) is 0.600. The number of hydrogen-bond acceptors (Lipinski definition) is 3. The molecule has 0 saturated carbocycles. The molecule has 2 rings (SSSR count). The summed E-state index contributed by atoms with van der Waals surface area (Å²) in [5.74, 6) is 0.963. The van der Waals surface area contributed by atoms with Gasteiger partial charge in [0, 0.05) is 18.8 Å². The summed E-state index contributed by atoms with van der Waals surface area (Å²) in [5.41, 5.74) is 2.12. The van der Waals surface area contributed by atoms with Crippen LogP contribution in [-0.4, -0.2) is 18.1 Å². The molecule has 1 fully saturated rings. The quantitative estimate of drug-likeness (QED) is 0.800. The van der Waals surface area contributed by atoms with E-state index in [-0.39, 0.29) is 0 Å². The van der Waals surface area contributed by atoms with Crippen molar-refractivity contribution < 1.29 is 0 Å². The molecule has 1 aromatic heterocycles. The lowest BCUT2D eigenvalue weighted by Gasteiger charge is -2.39. The first-order valence-electron chi connectivity index (χ1n) is 6.70. The minimum atomic E-state index is 0.485. The molecule has 0 spiro atoms. The lowest BCUT2D eigenvalue weighted by molar-refractivity contribution is 0.238. The summed E-state index contributed by atoms with van der Waals surface area (Å²) in [6, 6.07) is 5.95. The molecule has 0 aromatic carbocycles. The Labute approximate surface area is 109 Å². The van der Waals surface area contributed by atoms with Gasteiger partial charge in [0.15, 0.2) is 0 Å². The second kappa shape index (κ2) is 4.97. The number of piperidine rings is 1. The van der Waals surface area contributed by atoms with Crippen LogP contribution in [0, 0.1) is 23.7 Å². The minimum absolute atomic E-state index is 0.485. The van der Waals surface area contributed by atoms with E-state index in [4.69, 9.17) is 5.26 Å². The van der Waals surface area contributed by atoms with Crippen molar-refractivity contribution in [3.8, 4) is 6.07 Å². The molecule has 1 aliphatic rings. The smallest absolute Gasteiger partial charge is 0.130 e. The van der Waals surface area contributed by atoms with Crippen LogP contribution >= 0.6 is 0 Å². The largest absolute Gasteiger partial charge is 0.357 e. The summed E-state index contributed by atoms with van der Waals surface area (Å²) < 4.78 is 0. The van der Waals surface area contributed by atoms with Crippen molar-refractivity contribution in [2.24, 2.45) is 5.41 Å². The number of nitriles is 1. The fourth-order valence-corrected chi connectivity index (χ4v) is 2.51. The molecule has 0 aliphatic carbocycles. The molecule has 0 N–H and O–H groups in total. The third-order valence-corrected chi connectivity index (χ3v) is 4.22. The topological polar surface area (TPSA) is 39.9 Å². The number of pyridine rings is 1. The van der Waals surface area contributed by atoms with E-state index in [0.717, 1.165) is 24.6 Å². The van der Waals surface area contributed by atoms with E-state index in [1.54, 1.807) is 0 Å². The van der Waals surface area contributed by atoms with Crippen LogP contribution in [0.2, 0.25) is 0 Å². The average Bonchev–Trinajstić information content (AvgIpc) is 2.39. The van der Waals surface area contributed by atoms with Crippen LogP contribution in [0.25, 0.3) is 0 Å². The minimum Gasteiger partial charge on any atom is -0.357 e. The van der Waals surface area contributed by atoms with Gasteiger partial charge in [0.1, 0.15) is 5.82 Å². The third kappa shape index (κ3) is 2.64. The van der Waals surface area contributed by atoms with Crippen LogP contribution in [-0.2, 0) is 0 Å². The molecule has 1 aromatic rings. The molecular weight excluding hydrogens is 222 g/mol. The van der Waals surface area contributed by atoms with Gasteiger partial charge < -0.3 is 4.90 Å². The maximum atomic E-state index is 9.01. The second-order valence-corrected chi connectivity index (χ2v) is 5.62. The van der Waals surface area contributed by atoms with Gasteiger partial charge in [0.2, 0.25) is 0 Å². The molecule has 3 nitrogen and oxygen atoms in total. The summed E-state index contributed by atoms with van der Waals surface area (Å²) in [4.78, 5) is 6.86. The van der Waals surface area contributed by atoms with Gasteiger partial charge in [-0.2, -0.15) is 5.26 Å². The normalized spacial score (nSPS) is 18.4. The summed E-state index contributed by atoms with van der Waals surface area (Å²) in [6.07, 6.45) is 3.66. The van der Waals surface area contributed by atoms with Crippen molar-refractivity contribution in [2.75, 3.05) is 18.0 Å². The first-order chi connectivity index (χ1) is 8.56. The van der Waals surface area contributed by atoms with Crippen LogP contribution in [0.3, 0.4) is 0 Å². The zero-order valence-electron chi connectivity index (χ0n) is 11.5. The second-order valence-electron chi connectivity index (χ2n) is 5.62. The Balaban J connectivity index is 2.15. The highest BCUT2D eigenvalue weighted by molar-refractivity contribution is 5.47. The van der Waals surface area contributed by atoms with Gasteiger partial charge in [0.05, 0.1) is 11.6 Å². The molecule has 0 atom stereocenters. The number of aryl methyl sites for hydroxylation is 1. The average molecular weight is 243 g/mol. The SMILES string of the molecule is CCC1(C)CCN(c2cc(C#N)cc(C)n2)CC1. The van der Waals surface area contributed by atoms with Gasteiger partial charge in [-0.05, 0) is 37.3 Å². The van der Waals surface area contributed by atoms with Crippen molar-refractivity contribution in [3.05, 3.63) is 23.4 Å². The van der Waals surface area contributed by atoms with E-state index in [9.17, 15) is 0 Å². The molecular formula is C15H21N3. The van der Waals surface area contributed by atoms with E-state index >= 15 is 0 Å². The van der Waals surface area contributed by atoms with Crippen molar-refractivity contribution in [2.45, 2.75) is 40.0 Å². The predicted octanol–water partition coefficient (Wildman–Crippen LogP) is 3.28. The van der Waals surface area contributed by atoms with Crippen LogP contribution in [0.15, 0.2) is 12.1 Å². The van der Waals surface area contributed by atoms with Gasteiger partial charge in [-0.25, -0.2) is 4.98 Å². The van der Waals surface area contributed by atoms with Gasteiger partial charge in [-0.3, -0.25) is 0 Å². The maximum Gasteiger partial charge on any atom is 0.130 e. The molecule has 1 saturated heterocycles. The van der Waals surface area contributed by atoms with E-state index < -0.39 is 0 Å². The number of hydrogen-bond donors (Lipinski definition) is 0. The first kappa shape index (κ1) is 12.9. The number of aromatic nitrogens is 1. The Bertz CT molecular complexity index is 465. The van der Waals surface area contributed by atoms with Crippen LogP contribution < -0.4 is 4.90 Å². The summed E-state index contributed by atoms with van der Waals surface area (Å²) in [5, 5.41) is 9.01. The lowest BCUT2D eigenvalue weighted by Crippen LogP contribution is -2.38. The van der Waals surface area contributed by atoms with E-state index in [2.05, 4.69) is 29.8 Å². The first-order valence-corrected chi connectivity index (χ1v) is 6.70. The molecule has 0 bridgehead atoms. The standard InChI is InChI=1S/C15H21N3/c1-4-15(3)5-7-18(8-6-15)14-10-13(11-16)9-12(2)17-14/h9-10H,4-8H2,1-3H3. The summed E-state index contributed by atoms with van der Waals surface area (Å²) in [7, 11) is 0. The highest BCUT2D eigenvalue weighted by Gasteiger charge is 2.28. The molecule has 0 radical (unpaired) electrons. The van der Waals surface area contributed by atoms with Crippen LogP contribution in [0.4, 0.5) is 5.82 Å². The van der Waals surface area contributed by atoms with E-state index in [1.165, 1.54) is 19.3 Å². The fourth-order valence-electron chi connectivity index (χ4n) is 2.51. The third-order valence-electron chi connectivity index (χ3n) is 4.22.